The Bertz CT molecular complexity index is 738. The van der Waals surface area contributed by atoms with E-state index in [1.54, 1.807) is 58.9 Å². The molecule has 30 heavy (non-hydrogen) atoms. The second-order valence-electron chi connectivity index (χ2n) is 8.41. The maximum atomic E-state index is 12.7. The molecule has 0 aromatic heterocycles. The maximum absolute atomic E-state index is 12.7. The Kier molecular flexibility index (Phi) is 9.49. The predicted molar refractivity (Wildman–Crippen MR) is 109 cm³/mol. The third kappa shape index (κ3) is 9.54. The zero-order valence-electron chi connectivity index (χ0n) is 18.1. The van der Waals surface area contributed by atoms with Gasteiger partial charge in [0.2, 0.25) is 5.91 Å². The zero-order valence-corrected chi connectivity index (χ0v) is 18.1. The van der Waals surface area contributed by atoms with Gasteiger partial charge in [-0.25, -0.2) is 4.79 Å². The van der Waals surface area contributed by atoms with Gasteiger partial charge < -0.3 is 19.9 Å². The molecule has 0 bridgehead atoms. The van der Waals surface area contributed by atoms with E-state index in [9.17, 15) is 24.3 Å². The summed E-state index contributed by atoms with van der Waals surface area (Å²) in [7, 11) is 0. The molecule has 0 saturated heterocycles. The lowest BCUT2D eigenvalue weighted by Crippen LogP contribution is -2.47. The summed E-state index contributed by atoms with van der Waals surface area (Å²) in [5, 5.41) is 11.7. The van der Waals surface area contributed by atoms with E-state index in [0.717, 1.165) is 5.56 Å². The van der Waals surface area contributed by atoms with E-state index < -0.39 is 41.4 Å². The first-order valence-electron chi connectivity index (χ1n) is 9.83. The summed E-state index contributed by atoms with van der Waals surface area (Å²) < 4.78 is 10.4. The SMILES string of the molecule is CC(C)[C@H](NC(=O)[C@@H](CC(=O)OCc1ccccc1)CC(=O)OC(C)(C)C)C(=O)O. The summed E-state index contributed by atoms with van der Waals surface area (Å²) in [6.45, 7) is 8.39. The molecule has 0 saturated carbocycles. The first-order valence-corrected chi connectivity index (χ1v) is 9.83. The molecule has 0 fully saturated rings. The number of amides is 1. The van der Waals surface area contributed by atoms with Crippen LogP contribution in [0.25, 0.3) is 0 Å². The van der Waals surface area contributed by atoms with Gasteiger partial charge in [-0.15, -0.1) is 0 Å². The molecule has 8 nitrogen and oxygen atoms in total. The van der Waals surface area contributed by atoms with Crippen molar-refractivity contribution in [1.82, 2.24) is 5.32 Å². The van der Waals surface area contributed by atoms with Crippen LogP contribution in [0.2, 0.25) is 0 Å². The first kappa shape index (κ1) is 25.1. The maximum Gasteiger partial charge on any atom is 0.326 e. The molecule has 8 heteroatoms. The van der Waals surface area contributed by atoms with E-state index in [4.69, 9.17) is 9.47 Å². The molecule has 1 amide bonds. The van der Waals surface area contributed by atoms with Crippen molar-refractivity contribution in [1.29, 1.82) is 0 Å². The van der Waals surface area contributed by atoms with Crippen LogP contribution >= 0.6 is 0 Å². The van der Waals surface area contributed by atoms with Crippen molar-refractivity contribution >= 4 is 23.8 Å². The minimum absolute atomic E-state index is 0.0319. The van der Waals surface area contributed by atoms with Gasteiger partial charge in [-0.1, -0.05) is 44.2 Å². The molecule has 2 N–H and O–H groups in total. The first-order chi connectivity index (χ1) is 13.9. The average Bonchev–Trinajstić information content (AvgIpc) is 2.62. The normalized spacial score (nSPS) is 13.3. The van der Waals surface area contributed by atoms with Crippen molar-refractivity contribution in [3.05, 3.63) is 35.9 Å². The fraction of sp³-hybridized carbons (Fsp3) is 0.545. The smallest absolute Gasteiger partial charge is 0.326 e. The van der Waals surface area contributed by atoms with Gasteiger partial charge in [-0.3, -0.25) is 14.4 Å². The number of rotatable bonds is 10. The largest absolute Gasteiger partial charge is 0.480 e. The highest BCUT2D eigenvalue weighted by molar-refractivity contribution is 5.90. The summed E-state index contributed by atoms with van der Waals surface area (Å²) in [6.07, 6.45) is -0.740. The van der Waals surface area contributed by atoms with E-state index in [0.29, 0.717) is 0 Å². The second-order valence-corrected chi connectivity index (χ2v) is 8.41. The summed E-state index contributed by atoms with van der Waals surface area (Å²) in [6, 6.07) is 7.88. The number of carboxylic acids is 1. The van der Waals surface area contributed by atoms with E-state index in [2.05, 4.69) is 5.32 Å². The monoisotopic (exact) mass is 421 g/mol. The van der Waals surface area contributed by atoms with E-state index in [1.165, 1.54) is 0 Å². The van der Waals surface area contributed by atoms with Crippen molar-refractivity contribution in [2.24, 2.45) is 11.8 Å². The van der Waals surface area contributed by atoms with Crippen LogP contribution in [-0.2, 0) is 35.3 Å². The number of hydrogen-bond acceptors (Lipinski definition) is 6. The molecular weight excluding hydrogens is 390 g/mol. The van der Waals surface area contributed by atoms with E-state index >= 15 is 0 Å². The fourth-order valence-corrected chi connectivity index (χ4v) is 2.62. The van der Waals surface area contributed by atoms with Crippen LogP contribution in [0.4, 0.5) is 0 Å². The van der Waals surface area contributed by atoms with Gasteiger partial charge >= 0.3 is 17.9 Å². The highest BCUT2D eigenvalue weighted by Crippen LogP contribution is 2.17. The molecule has 166 valence electrons. The van der Waals surface area contributed by atoms with Gasteiger partial charge in [0, 0.05) is 0 Å². The highest BCUT2D eigenvalue weighted by Gasteiger charge is 2.32. The highest BCUT2D eigenvalue weighted by atomic mass is 16.6. The molecule has 1 aromatic rings. The Labute approximate surface area is 176 Å². The number of carboxylic acid groups (broad SMARTS) is 1. The number of aliphatic carboxylic acids is 1. The van der Waals surface area contributed by atoms with Gasteiger partial charge in [0.1, 0.15) is 18.2 Å². The molecule has 2 atom stereocenters. The van der Waals surface area contributed by atoms with Crippen molar-refractivity contribution in [2.75, 3.05) is 0 Å². The lowest BCUT2D eigenvalue weighted by Gasteiger charge is -2.24. The zero-order chi connectivity index (χ0) is 22.9. The summed E-state index contributed by atoms with van der Waals surface area (Å²) in [4.78, 5) is 48.6. The third-order valence-corrected chi connectivity index (χ3v) is 4.09. The fourth-order valence-electron chi connectivity index (χ4n) is 2.62. The lowest BCUT2D eigenvalue weighted by atomic mass is 9.97. The van der Waals surface area contributed by atoms with Crippen molar-refractivity contribution in [2.45, 2.75) is 65.7 Å². The van der Waals surface area contributed by atoms with Crippen LogP contribution < -0.4 is 5.32 Å². The van der Waals surface area contributed by atoms with Crippen LogP contribution in [0.1, 0.15) is 53.0 Å². The lowest BCUT2D eigenvalue weighted by molar-refractivity contribution is -0.158. The number of carbonyl (C=O) groups is 4. The standard InChI is InChI=1S/C22H31NO7/c1-14(2)19(21(27)28)23-20(26)16(12-18(25)30-22(3,4)5)11-17(24)29-13-15-9-7-6-8-10-15/h6-10,14,16,19H,11-13H2,1-5H3,(H,23,26)(H,27,28)/t16-,19-/m0/s1. The van der Waals surface area contributed by atoms with Crippen LogP contribution in [0.15, 0.2) is 30.3 Å². The number of esters is 2. The Morgan fingerprint density at radius 1 is 1.00 bits per heavy atom. The van der Waals surface area contributed by atoms with Gasteiger partial charge in [-0.05, 0) is 32.3 Å². The third-order valence-electron chi connectivity index (χ3n) is 4.09. The van der Waals surface area contributed by atoms with Gasteiger partial charge in [-0.2, -0.15) is 0 Å². The minimum atomic E-state index is -1.19. The number of ether oxygens (including phenoxy) is 2. The summed E-state index contributed by atoms with van der Waals surface area (Å²) >= 11 is 0. The van der Waals surface area contributed by atoms with Crippen LogP contribution in [0.3, 0.4) is 0 Å². The predicted octanol–water partition coefficient (Wildman–Crippen LogP) is 2.69. The van der Waals surface area contributed by atoms with Crippen LogP contribution in [0, 0.1) is 11.8 Å². The number of benzene rings is 1. The Balaban J connectivity index is 2.84. The average molecular weight is 421 g/mol. The number of carbonyl (C=O) groups excluding carboxylic acids is 3. The van der Waals surface area contributed by atoms with Gasteiger partial charge in [0.25, 0.3) is 0 Å². The van der Waals surface area contributed by atoms with Crippen molar-refractivity contribution in [3.63, 3.8) is 0 Å². The van der Waals surface area contributed by atoms with Crippen LogP contribution in [-0.4, -0.2) is 40.6 Å². The summed E-state index contributed by atoms with van der Waals surface area (Å²) in [5.41, 5.74) is 0.0257. The van der Waals surface area contributed by atoms with Crippen LogP contribution in [0.5, 0.6) is 0 Å². The molecular formula is C22H31NO7. The topological polar surface area (TPSA) is 119 Å². The number of nitrogens with one attached hydrogen (secondary N) is 1. The summed E-state index contributed by atoms with van der Waals surface area (Å²) in [5.74, 6) is -4.71. The Hall–Kier alpha value is -2.90. The molecule has 0 spiro atoms. The van der Waals surface area contributed by atoms with Gasteiger partial charge in [0.15, 0.2) is 0 Å². The second kappa shape index (κ2) is 11.3. The molecule has 0 aliphatic rings. The van der Waals surface area contributed by atoms with Gasteiger partial charge in [0.05, 0.1) is 18.8 Å². The van der Waals surface area contributed by atoms with Crippen molar-refractivity contribution < 1.29 is 33.8 Å². The molecule has 0 radical (unpaired) electrons. The Morgan fingerprint density at radius 3 is 2.07 bits per heavy atom. The number of hydrogen-bond donors (Lipinski definition) is 2. The molecule has 0 aliphatic heterocycles. The molecule has 1 aromatic carbocycles. The quantitative estimate of drug-likeness (QED) is 0.558. The molecule has 0 unspecified atom stereocenters. The molecule has 1 rings (SSSR count). The van der Waals surface area contributed by atoms with E-state index in [-0.39, 0.29) is 25.4 Å². The Morgan fingerprint density at radius 2 is 1.57 bits per heavy atom. The molecule has 0 aliphatic carbocycles. The minimum Gasteiger partial charge on any atom is -0.480 e. The van der Waals surface area contributed by atoms with E-state index in [1.807, 2.05) is 6.07 Å². The van der Waals surface area contributed by atoms with Crippen molar-refractivity contribution in [3.8, 4) is 0 Å². The molecule has 0 heterocycles.